The number of amides is 1. The van der Waals surface area contributed by atoms with Crippen LogP contribution in [0.1, 0.15) is 30.6 Å². The van der Waals surface area contributed by atoms with E-state index in [0.717, 1.165) is 0 Å². The number of aromatic hydroxyl groups is 1. The van der Waals surface area contributed by atoms with Gasteiger partial charge in [0.15, 0.2) is 15.9 Å². The third-order valence-corrected chi connectivity index (χ3v) is 5.76. The first-order valence-electron chi connectivity index (χ1n) is 7.74. The Morgan fingerprint density at radius 1 is 1.33 bits per heavy atom. The first-order valence-corrected chi connectivity index (χ1v) is 9.56. The van der Waals surface area contributed by atoms with Gasteiger partial charge in [0.05, 0.1) is 17.1 Å². The molecule has 2 rings (SSSR count). The highest BCUT2D eigenvalue weighted by molar-refractivity contribution is 7.91. The Balaban J connectivity index is 2.02. The van der Waals surface area contributed by atoms with Crippen molar-refractivity contribution in [1.29, 1.82) is 0 Å². The van der Waals surface area contributed by atoms with Crippen LogP contribution in [0.2, 0.25) is 0 Å². The van der Waals surface area contributed by atoms with Crippen LogP contribution in [0.5, 0.6) is 5.75 Å². The molecule has 7 nitrogen and oxygen atoms in total. The van der Waals surface area contributed by atoms with Gasteiger partial charge in [-0.2, -0.15) is 0 Å². The molecule has 0 bridgehead atoms. The summed E-state index contributed by atoms with van der Waals surface area (Å²) in [7, 11) is -3.11. The molecule has 8 heteroatoms. The Labute approximate surface area is 141 Å². The second kappa shape index (κ2) is 7.21. The van der Waals surface area contributed by atoms with Crippen LogP contribution in [0.4, 0.5) is 0 Å². The minimum absolute atomic E-state index is 0.0234. The molecular formula is C16H21NO6S. The Morgan fingerprint density at radius 3 is 2.46 bits per heavy atom. The van der Waals surface area contributed by atoms with Crippen LogP contribution in [0.3, 0.4) is 0 Å². The van der Waals surface area contributed by atoms with Crippen LogP contribution >= 0.6 is 0 Å². The Hall–Kier alpha value is -2.09. The van der Waals surface area contributed by atoms with E-state index in [2.05, 4.69) is 0 Å². The predicted octanol–water partition coefficient (Wildman–Crippen LogP) is 0.973. The first kappa shape index (κ1) is 18.3. The number of hydrogen-bond acceptors (Lipinski definition) is 6. The Morgan fingerprint density at radius 2 is 1.96 bits per heavy atom. The number of hydrogen-bond donors (Lipinski definition) is 1. The Kier molecular flexibility index (Phi) is 5.48. The third kappa shape index (κ3) is 4.25. The number of likely N-dealkylation sites (N-methyl/N-ethyl adjacent to an activating group) is 1. The van der Waals surface area contributed by atoms with Gasteiger partial charge in [-0.05, 0) is 44.5 Å². The highest BCUT2D eigenvalue weighted by Gasteiger charge is 2.36. The lowest BCUT2D eigenvalue weighted by atomic mass is 10.2. The molecule has 0 saturated carbocycles. The van der Waals surface area contributed by atoms with E-state index in [0.29, 0.717) is 13.0 Å². The van der Waals surface area contributed by atoms with E-state index in [1.54, 1.807) is 6.92 Å². The van der Waals surface area contributed by atoms with Crippen LogP contribution in [0.15, 0.2) is 24.3 Å². The summed E-state index contributed by atoms with van der Waals surface area (Å²) in [6.07, 6.45) is -0.616. The summed E-state index contributed by atoms with van der Waals surface area (Å²) in [6.45, 7) is 3.57. The molecule has 0 aliphatic carbocycles. The van der Waals surface area contributed by atoms with E-state index < -0.39 is 27.8 Å². The molecular weight excluding hydrogens is 334 g/mol. The fraction of sp³-hybridized carbons (Fsp3) is 0.500. The SMILES string of the molecule is CCN(C(=O)[C@H](C)OC(=O)c1ccc(O)cc1)[C@@H]1CCS(=O)(=O)C1. The molecule has 1 aromatic rings. The molecule has 1 fully saturated rings. The molecule has 0 radical (unpaired) electrons. The van der Waals surface area contributed by atoms with E-state index in [1.807, 2.05) is 0 Å². The van der Waals surface area contributed by atoms with Crippen LogP contribution < -0.4 is 0 Å². The summed E-state index contributed by atoms with van der Waals surface area (Å²) in [4.78, 5) is 26.0. The van der Waals surface area contributed by atoms with Gasteiger partial charge in [-0.15, -0.1) is 0 Å². The number of carbonyl (C=O) groups excluding carboxylic acids is 2. The summed E-state index contributed by atoms with van der Waals surface area (Å²) >= 11 is 0. The maximum Gasteiger partial charge on any atom is 0.338 e. The van der Waals surface area contributed by atoms with Crippen LogP contribution in [-0.2, 0) is 19.4 Å². The topological polar surface area (TPSA) is 101 Å². The van der Waals surface area contributed by atoms with Crippen molar-refractivity contribution in [3.63, 3.8) is 0 Å². The molecule has 2 atom stereocenters. The zero-order valence-electron chi connectivity index (χ0n) is 13.6. The lowest BCUT2D eigenvalue weighted by Crippen LogP contribution is -2.46. The van der Waals surface area contributed by atoms with Gasteiger partial charge >= 0.3 is 5.97 Å². The standard InChI is InChI=1S/C16H21NO6S/c1-3-17(13-8-9-24(21,22)10-13)15(19)11(2)23-16(20)12-4-6-14(18)7-5-12/h4-7,11,13,18H,3,8-10H2,1-2H3/t11-,13+/m0/s1. The number of sulfone groups is 1. The molecule has 24 heavy (non-hydrogen) atoms. The van der Waals surface area contributed by atoms with Gasteiger partial charge in [-0.25, -0.2) is 13.2 Å². The van der Waals surface area contributed by atoms with E-state index in [-0.39, 0.29) is 28.9 Å². The molecule has 1 amide bonds. The van der Waals surface area contributed by atoms with Gasteiger partial charge in [-0.3, -0.25) is 4.79 Å². The highest BCUT2D eigenvalue weighted by Crippen LogP contribution is 2.19. The molecule has 132 valence electrons. The minimum atomic E-state index is -3.11. The van der Waals surface area contributed by atoms with Gasteiger partial charge in [-0.1, -0.05) is 0 Å². The summed E-state index contributed by atoms with van der Waals surface area (Å²) < 4.78 is 28.4. The molecule has 0 unspecified atom stereocenters. The van der Waals surface area contributed by atoms with Crippen molar-refractivity contribution in [2.75, 3.05) is 18.1 Å². The molecule has 0 aromatic heterocycles. The lowest BCUT2D eigenvalue weighted by molar-refractivity contribution is -0.141. The molecule has 1 N–H and O–H groups in total. The number of phenolic OH excluding ortho intramolecular Hbond substituents is 1. The zero-order valence-corrected chi connectivity index (χ0v) is 14.5. The van der Waals surface area contributed by atoms with Crippen molar-refractivity contribution in [3.05, 3.63) is 29.8 Å². The van der Waals surface area contributed by atoms with Crippen LogP contribution in [-0.4, -0.2) is 60.5 Å². The number of benzene rings is 1. The number of nitrogens with zero attached hydrogens (tertiary/aromatic N) is 1. The van der Waals surface area contributed by atoms with Crippen molar-refractivity contribution < 1.29 is 27.9 Å². The lowest BCUT2D eigenvalue weighted by Gasteiger charge is -2.29. The molecule has 1 aliphatic rings. The maximum atomic E-state index is 12.5. The third-order valence-electron chi connectivity index (χ3n) is 4.01. The van der Waals surface area contributed by atoms with Crippen molar-refractivity contribution in [1.82, 2.24) is 4.90 Å². The smallest absolute Gasteiger partial charge is 0.338 e. The average molecular weight is 355 g/mol. The van der Waals surface area contributed by atoms with Gasteiger partial charge < -0.3 is 14.7 Å². The number of carbonyl (C=O) groups is 2. The van der Waals surface area contributed by atoms with E-state index in [4.69, 9.17) is 4.74 Å². The highest BCUT2D eigenvalue weighted by atomic mass is 32.2. The number of phenols is 1. The van der Waals surface area contributed by atoms with Crippen molar-refractivity contribution in [2.24, 2.45) is 0 Å². The van der Waals surface area contributed by atoms with Crippen molar-refractivity contribution in [2.45, 2.75) is 32.4 Å². The minimum Gasteiger partial charge on any atom is -0.508 e. The van der Waals surface area contributed by atoms with E-state index >= 15 is 0 Å². The van der Waals surface area contributed by atoms with Crippen molar-refractivity contribution in [3.8, 4) is 5.75 Å². The second-order valence-electron chi connectivity index (χ2n) is 5.78. The summed E-state index contributed by atoms with van der Waals surface area (Å²) in [5.41, 5.74) is 0.221. The molecule has 0 spiro atoms. The maximum absolute atomic E-state index is 12.5. The summed E-state index contributed by atoms with van der Waals surface area (Å²) in [5, 5.41) is 9.21. The normalized spacial score (nSPS) is 20.3. The zero-order chi connectivity index (χ0) is 17.9. The van der Waals surface area contributed by atoms with E-state index in [9.17, 15) is 23.1 Å². The fourth-order valence-electron chi connectivity index (χ4n) is 2.73. The van der Waals surface area contributed by atoms with Crippen LogP contribution in [0, 0.1) is 0 Å². The predicted molar refractivity (Wildman–Crippen MR) is 87.4 cm³/mol. The van der Waals surface area contributed by atoms with E-state index in [1.165, 1.54) is 36.1 Å². The fourth-order valence-corrected chi connectivity index (χ4v) is 4.46. The Bertz CT molecular complexity index is 713. The summed E-state index contributed by atoms with van der Waals surface area (Å²) in [6, 6.07) is 5.13. The molecule has 1 heterocycles. The van der Waals surface area contributed by atoms with Crippen LogP contribution in [0.25, 0.3) is 0 Å². The molecule has 1 saturated heterocycles. The monoisotopic (exact) mass is 355 g/mol. The van der Waals surface area contributed by atoms with Gasteiger partial charge in [0.1, 0.15) is 5.75 Å². The first-order chi connectivity index (χ1) is 11.2. The van der Waals surface area contributed by atoms with Gasteiger partial charge in [0.2, 0.25) is 0 Å². The van der Waals surface area contributed by atoms with Gasteiger partial charge in [0, 0.05) is 12.6 Å². The molecule has 1 aromatic carbocycles. The number of ether oxygens (including phenoxy) is 1. The number of rotatable bonds is 5. The summed E-state index contributed by atoms with van der Waals surface area (Å²) in [5.74, 6) is -1.04. The molecule has 1 aliphatic heterocycles. The largest absolute Gasteiger partial charge is 0.508 e. The average Bonchev–Trinajstić information content (AvgIpc) is 2.88. The quantitative estimate of drug-likeness (QED) is 0.790. The second-order valence-corrected chi connectivity index (χ2v) is 8.00. The van der Waals surface area contributed by atoms with Gasteiger partial charge in [0.25, 0.3) is 5.91 Å². The number of esters is 1. The van der Waals surface area contributed by atoms with Crippen molar-refractivity contribution >= 4 is 21.7 Å².